The molecule has 0 unspecified atom stereocenters. The second-order valence-corrected chi connectivity index (χ2v) is 4.70. The lowest BCUT2D eigenvalue weighted by Gasteiger charge is -2.16. The molecule has 6 nitrogen and oxygen atoms in total. The second kappa shape index (κ2) is 5.30. The predicted octanol–water partition coefficient (Wildman–Crippen LogP) is 1.80. The van der Waals surface area contributed by atoms with E-state index >= 15 is 0 Å². The zero-order valence-corrected chi connectivity index (χ0v) is 10.7. The number of aromatic nitrogens is 1. The first-order valence-electron chi connectivity index (χ1n) is 6.14. The minimum absolute atomic E-state index is 0.0654. The molecular weight excluding hydrogens is 232 g/mol. The standard InChI is InChI=1S/C12H18N4O2/c1-9-11(16(17)18)5-6-12(14-9)13-7-8-15(2)10-3-4-10/h5-6,10H,3-4,7-8H2,1-2H3,(H,13,14). The molecule has 0 aliphatic heterocycles. The van der Waals surface area contributed by atoms with Gasteiger partial charge >= 0.3 is 0 Å². The lowest BCUT2D eigenvalue weighted by molar-refractivity contribution is -0.385. The van der Waals surface area contributed by atoms with E-state index in [9.17, 15) is 10.1 Å². The molecule has 1 N–H and O–H groups in total. The SMILES string of the molecule is Cc1nc(NCCN(C)C2CC2)ccc1[N+](=O)[O-]. The molecule has 2 rings (SSSR count). The van der Waals surface area contributed by atoms with Crippen LogP contribution in [0.25, 0.3) is 0 Å². The molecule has 18 heavy (non-hydrogen) atoms. The van der Waals surface area contributed by atoms with E-state index in [0.29, 0.717) is 11.5 Å². The summed E-state index contributed by atoms with van der Waals surface area (Å²) in [6, 6.07) is 3.90. The molecule has 0 radical (unpaired) electrons. The molecule has 1 saturated carbocycles. The van der Waals surface area contributed by atoms with E-state index in [2.05, 4.69) is 22.2 Å². The summed E-state index contributed by atoms with van der Waals surface area (Å²) in [6.07, 6.45) is 2.59. The number of pyridine rings is 1. The van der Waals surface area contributed by atoms with Crippen LogP contribution >= 0.6 is 0 Å². The minimum Gasteiger partial charge on any atom is -0.369 e. The molecule has 0 spiro atoms. The average molecular weight is 250 g/mol. The van der Waals surface area contributed by atoms with E-state index in [1.807, 2.05) is 0 Å². The first-order chi connectivity index (χ1) is 8.58. The Bertz CT molecular complexity index is 446. The van der Waals surface area contributed by atoms with Crippen molar-refractivity contribution in [3.05, 3.63) is 27.9 Å². The highest BCUT2D eigenvalue weighted by Gasteiger charge is 2.25. The van der Waals surface area contributed by atoms with E-state index in [-0.39, 0.29) is 5.69 Å². The molecule has 1 aliphatic rings. The highest BCUT2D eigenvalue weighted by atomic mass is 16.6. The third-order valence-electron chi connectivity index (χ3n) is 3.20. The van der Waals surface area contributed by atoms with Crippen molar-refractivity contribution in [2.24, 2.45) is 0 Å². The van der Waals surface area contributed by atoms with Crippen molar-refractivity contribution in [2.75, 3.05) is 25.5 Å². The van der Waals surface area contributed by atoms with E-state index in [1.165, 1.54) is 18.9 Å². The molecule has 0 aromatic carbocycles. The van der Waals surface area contributed by atoms with Gasteiger partial charge < -0.3 is 10.2 Å². The van der Waals surface area contributed by atoms with Crippen LogP contribution in [0.1, 0.15) is 18.5 Å². The summed E-state index contributed by atoms with van der Waals surface area (Å²) >= 11 is 0. The van der Waals surface area contributed by atoms with Crippen molar-refractivity contribution in [1.82, 2.24) is 9.88 Å². The quantitative estimate of drug-likeness (QED) is 0.615. The number of aryl methyl sites for hydroxylation is 1. The lowest BCUT2D eigenvalue weighted by Crippen LogP contribution is -2.27. The van der Waals surface area contributed by atoms with Crippen LogP contribution < -0.4 is 5.32 Å². The number of nitrogens with one attached hydrogen (secondary N) is 1. The number of nitro groups is 1. The summed E-state index contributed by atoms with van der Waals surface area (Å²) in [4.78, 5) is 16.8. The van der Waals surface area contributed by atoms with E-state index in [4.69, 9.17) is 0 Å². The smallest absolute Gasteiger partial charge is 0.290 e. The van der Waals surface area contributed by atoms with Crippen LogP contribution in [0.2, 0.25) is 0 Å². The summed E-state index contributed by atoms with van der Waals surface area (Å²) in [5.74, 6) is 0.697. The van der Waals surface area contributed by atoms with Gasteiger partial charge in [-0.25, -0.2) is 4.98 Å². The third kappa shape index (κ3) is 3.16. The first kappa shape index (κ1) is 12.8. The number of hydrogen-bond acceptors (Lipinski definition) is 5. The molecule has 0 saturated heterocycles. The first-order valence-corrected chi connectivity index (χ1v) is 6.14. The van der Waals surface area contributed by atoms with Crippen LogP contribution in [0, 0.1) is 17.0 Å². The Kier molecular flexibility index (Phi) is 3.76. The molecule has 1 aromatic heterocycles. The second-order valence-electron chi connectivity index (χ2n) is 4.70. The molecular formula is C12H18N4O2. The van der Waals surface area contributed by atoms with Crippen molar-refractivity contribution in [3.8, 4) is 0 Å². The Hall–Kier alpha value is -1.69. The van der Waals surface area contributed by atoms with Gasteiger partial charge in [-0.05, 0) is 32.9 Å². The molecule has 98 valence electrons. The molecule has 1 aromatic rings. The van der Waals surface area contributed by atoms with Gasteiger partial charge in [-0.3, -0.25) is 10.1 Å². The largest absolute Gasteiger partial charge is 0.369 e. The van der Waals surface area contributed by atoms with Crippen LogP contribution in [0.4, 0.5) is 11.5 Å². The van der Waals surface area contributed by atoms with Crippen LogP contribution in [0.3, 0.4) is 0 Å². The normalized spacial score (nSPS) is 14.8. The van der Waals surface area contributed by atoms with Gasteiger partial charge in [0.2, 0.25) is 0 Å². The van der Waals surface area contributed by atoms with Crippen LogP contribution in [0.15, 0.2) is 12.1 Å². The molecule has 1 aliphatic carbocycles. The minimum atomic E-state index is -0.410. The number of rotatable bonds is 6. The van der Waals surface area contributed by atoms with Gasteiger partial charge in [-0.2, -0.15) is 0 Å². The van der Waals surface area contributed by atoms with Crippen molar-refractivity contribution >= 4 is 11.5 Å². The monoisotopic (exact) mass is 250 g/mol. The Morgan fingerprint density at radius 1 is 1.56 bits per heavy atom. The zero-order chi connectivity index (χ0) is 13.1. The maximum atomic E-state index is 10.7. The van der Waals surface area contributed by atoms with Crippen LogP contribution in [-0.4, -0.2) is 41.0 Å². The number of anilines is 1. The van der Waals surface area contributed by atoms with Gasteiger partial charge in [-0.15, -0.1) is 0 Å². The van der Waals surface area contributed by atoms with Gasteiger partial charge in [0.05, 0.1) is 4.92 Å². The molecule has 1 heterocycles. The summed E-state index contributed by atoms with van der Waals surface area (Å²) < 4.78 is 0. The van der Waals surface area contributed by atoms with Gasteiger partial charge in [0.25, 0.3) is 5.69 Å². The fourth-order valence-electron chi connectivity index (χ4n) is 1.90. The lowest BCUT2D eigenvalue weighted by atomic mass is 10.3. The van der Waals surface area contributed by atoms with Crippen LogP contribution in [0.5, 0.6) is 0 Å². The highest BCUT2D eigenvalue weighted by molar-refractivity contribution is 5.44. The van der Waals surface area contributed by atoms with Gasteiger partial charge in [0.1, 0.15) is 11.5 Å². The maximum Gasteiger partial charge on any atom is 0.290 e. The van der Waals surface area contributed by atoms with Crippen molar-refractivity contribution in [2.45, 2.75) is 25.8 Å². The van der Waals surface area contributed by atoms with Gasteiger partial charge in [0, 0.05) is 25.2 Å². The van der Waals surface area contributed by atoms with Gasteiger partial charge in [-0.1, -0.05) is 0 Å². The summed E-state index contributed by atoms with van der Waals surface area (Å²) in [6.45, 7) is 3.42. The Labute approximate surface area is 106 Å². The highest BCUT2D eigenvalue weighted by Crippen LogP contribution is 2.24. The van der Waals surface area contributed by atoms with E-state index in [0.717, 1.165) is 19.1 Å². The maximum absolute atomic E-state index is 10.7. The zero-order valence-electron chi connectivity index (χ0n) is 10.7. The fourth-order valence-corrected chi connectivity index (χ4v) is 1.90. The van der Waals surface area contributed by atoms with Crippen LogP contribution in [-0.2, 0) is 0 Å². The van der Waals surface area contributed by atoms with Crippen molar-refractivity contribution in [1.29, 1.82) is 0 Å². The Morgan fingerprint density at radius 2 is 2.28 bits per heavy atom. The summed E-state index contributed by atoms with van der Waals surface area (Å²) in [5.41, 5.74) is 0.510. The summed E-state index contributed by atoms with van der Waals surface area (Å²) in [5, 5.41) is 13.8. The molecule has 0 atom stereocenters. The third-order valence-corrected chi connectivity index (χ3v) is 3.20. The molecule has 1 fully saturated rings. The number of nitrogens with zero attached hydrogens (tertiary/aromatic N) is 3. The van der Waals surface area contributed by atoms with Gasteiger partial charge in [0.15, 0.2) is 0 Å². The van der Waals surface area contributed by atoms with Crippen molar-refractivity contribution < 1.29 is 4.92 Å². The average Bonchev–Trinajstić information content (AvgIpc) is 3.12. The summed E-state index contributed by atoms with van der Waals surface area (Å²) in [7, 11) is 2.12. The molecule has 6 heteroatoms. The van der Waals surface area contributed by atoms with E-state index < -0.39 is 4.92 Å². The predicted molar refractivity (Wildman–Crippen MR) is 69.8 cm³/mol. The number of likely N-dealkylation sites (N-methyl/N-ethyl adjacent to an activating group) is 1. The molecule has 0 bridgehead atoms. The molecule has 0 amide bonds. The Morgan fingerprint density at radius 3 is 2.83 bits per heavy atom. The Balaban J connectivity index is 1.85. The van der Waals surface area contributed by atoms with E-state index in [1.54, 1.807) is 13.0 Å². The number of hydrogen-bond donors (Lipinski definition) is 1. The van der Waals surface area contributed by atoms with Crippen molar-refractivity contribution in [3.63, 3.8) is 0 Å². The fraction of sp³-hybridized carbons (Fsp3) is 0.583. The topological polar surface area (TPSA) is 71.3 Å².